The molecule has 0 N–H and O–H groups in total. The summed E-state index contributed by atoms with van der Waals surface area (Å²) in [5.41, 5.74) is -1.17. The molecule has 0 atom stereocenters. The van der Waals surface area contributed by atoms with Crippen LogP contribution >= 0.6 is 0 Å². The molecule has 0 unspecified atom stereocenters. The number of hydrogen-bond acceptors (Lipinski definition) is 4. The Morgan fingerprint density at radius 1 is 1.39 bits per heavy atom. The van der Waals surface area contributed by atoms with E-state index in [9.17, 15) is 32.5 Å². The van der Waals surface area contributed by atoms with Crippen LogP contribution in [0.5, 0.6) is 5.75 Å². The van der Waals surface area contributed by atoms with Crippen molar-refractivity contribution in [3.63, 3.8) is 0 Å². The van der Waals surface area contributed by atoms with Crippen molar-refractivity contribution >= 4 is 12.0 Å². The van der Waals surface area contributed by atoms with Crippen LogP contribution in [0.4, 0.5) is 23.2 Å². The zero-order valence-electron chi connectivity index (χ0n) is 8.48. The van der Waals surface area contributed by atoms with Gasteiger partial charge in [-0.3, -0.25) is 14.9 Å². The standard InChI is InChI=1S/C9H5F4NO4/c10-8(11)9(12,13)18-7-2-1-6(14(16)17)3-5(7)4-15/h1-4,8H. The minimum Gasteiger partial charge on any atom is -0.428 e. The Morgan fingerprint density at radius 3 is 2.44 bits per heavy atom. The fourth-order valence-electron chi connectivity index (χ4n) is 1.03. The molecule has 18 heavy (non-hydrogen) atoms. The first-order chi connectivity index (χ1) is 8.27. The molecule has 0 heterocycles. The molecule has 0 aromatic heterocycles. The number of hydrogen-bond donors (Lipinski definition) is 0. The third-order valence-electron chi connectivity index (χ3n) is 1.83. The lowest BCUT2D eigenvalue weighted by Gasteiger charge is -2.17. The zero-order chi connectivity index (χ0) is 13.9. The SMILES string of the molecule is O=Cc1cc([N+](=O)[O-])ccc1OC(F)(F)C(F)F. The summed E-state index contributed by atoms with van der Waals surface area (Å²) in [6, 6.07) is 2.05. The monoisotopic (exact) mass is 267 g/mol. The largest absolute Gasteiger partial charge is 0.461 e. The fraction of sp³-hybridized carbons (Fsp3) is 0.222. The summed E-state index contributed by atoms with van der Waals surface area (Å²) >= 11 is 0. The maximum atomic E-state index is 12.6. The lowest BCUT2D eigenvalue weighted by molar-refractivity contribution is -0.384. The molecule has 0 aliphatic heterocycles. The maximum Gasteiger partial charge on any atom is 0.461 e. The third-order valence-corrected chi connectivity index (χ3v) is 1.83. The van der Waals surface area contributed by atoms with Crippen molar-refractivity contribution in [2.45, 2.75) is 12.5 Å². The van der Waals surface area contributed by atoms with Gasteiger partial charge in [-0.25, -0.2) is 0 Å². The number of rotatable bonds is 5. The van der Waals surface area contributed by atoms with Crippen molar-refractivity contribution < 1.29 is 32.0 Å². The van der Waals surface area contributed by atoms with E-state index in [1.807, 2.05) is 0 Å². The van der Waals surface area contributed by atoms with Gasteiger partial charge < -0.3 is 4.74 Å². The second kappa shape index (κ2) is 4.98. The van der Waals surface area contributed by atoms with Crippen LogP contribution in [-0.2, 0) is 0 Å². The normalized spacial score (nSPS) is 11.4. The minimum absolute atomic E-state index is 0.0100. The van der Waals surface area contributed by atoms with Crippen molar-refractivity contribution in [3.05, 3.63) is 33.9 Å². The van der Waals surface area contributed by atoms with E-state index in [1.165, 1.54) is 0 Å². The van der Waals surface area contributed by atoms with E-state index < -0.39 is 34.5 Å². The molecule has 1 rings (SSSR count). The Hall–Kier alpha value is -2.19. The van der Waals surface area contributed by atoms with Gasteiger partial charge in [0.25, 0.3) is 5.69 Å². The Labute approximate surface area is 97.1 Å². The lowest BCUT2D eigenvalue weighted by atomic mass is 10.2. The van der Waals surface area contributed by atoms with Gasteiger partial charge in [0.05, 0.1) is 10.5 Å². The maximum absolute atomic E-state index is 12.6. The van der Waals surface area contributed by atoms with Crippen molar-refractivity contribution in [2.75, 3.05) is 0 Å². The number of carbonyl (C=O) groups is 1. The molecule has 0 bridgehead atoms. The van der Waals surface area contributed by atoms with Crippen LogP contribution in [0.15, 0.2) is 18.2 Å². The van der Waals surface area contributed by atoms with Gasteiger partial charge in [-0.2, -0.15) is 17.6 Å². The average molecular weight is 267 g/mol. The highest BCUT2D eigenvalue weighted by Crippen LogP contribution is 2.31. The molecule has 0 fully saturated rings. The summed E-state index contributed by atoms with van der Waals surface area (Å²) in [6.45, 7) is 0. The fourth-order valence-corrected chi connectivity index (χ4v) is 1.03. The van der Waals surface area contributed by atoms with Crippen LogP contribution in [0.2, 0.25) is 0 Å². The molecule has 1 aromatic rings. The van der Waals surface area contributed by atoms with Crippen LogP contribution in [-0.4, -0.2) is 23.7 Å². The number of carbonyl (C=O) groups excluding carboxylic acids is 1. The highest BCUT2D eigenvalue weighted by Gasteiger charge is 2.44. The molecule has 0 aliphatic rings. The average Bonchev–Trinajstić information content (AvgIpc) is 2.28. The van der Waals surface area contributed by atoms with Crippen molar-refractivity contribution in [2.24, 2.45) is 0 Å². The summed E-state index contributed by atoms with van der Waals surface area (Å²) < 4.78 is 52.6. The van der Waals surface area contributed by atoms with Gasteiger partial charge >= 0.3 is 12.5 Å². The number of non-ortho nitro benzene ring substituents is 1. The molecule has 0 saturated heterocycles. The highest BCUT2D eigenvalue weighted by molar-refractivity contribution is 5.80. The molecule has 0 aliphatic carbocycles. The van der Waals surface area contributed by atoms with E-state index in [-0.39, 0.29) is 6.29 Å². The predicted molar refractivity (Wildman–Crippen MR) is 50.1 cm³/mol. The number of nitro groups is 1. The topological polar surface area (TPSA) is 69.4 Å². The van der Waals surface area contributed by atoms with E-state index in [4.69, 9.17) is 0 Å². The lowest BCUT2D eigenvalue weighted by Crippen LogP contribution is -2.33. The number of nitrogens with zero attached hydrogens (tertiary/aromatic N) is 1. The number of benzene rings is 1. The molecule has 0 spiro atoms. The molecule has 9 heteroatoms. The first-order valence-corrected chi connectivity index (χ1v) is 4.36. The predicted octanol–water partition coefficient (Wildman–Crippen LogP) is 2.64. The Morgan fingerprint density at radius 2 is 2.00 bits per heavy atom. The Balaban J connectivity index is 3.11. The van der Waals surface area contributed by atoms with E-state index in [1.54, 1.807) is 0 Å². The number of halogens is 4. The first kappa shape index (κ1) is 13.9. The van der Waals surface area contributed by atoms with Crippen molar-refractivity contribution in [3.8, 4) is 5.75 Å². The zero-order valence-corrected chi connectivity index (χ0v) is 8.48. The molecular formula is C9H5F4NO4. The first-order valence-electron chi connectivity index (χ1n) is 4.36. The minimum atomic E-state index is -4.78. The van der Waals surface area contributed by atoms with E-state index in [0.29, 0.717) is 12.1 Å². The quantitative estimate of drug-likeness (QED) is 0.356. The Bertz CT molecular complexity index is 478. The molecule has 5 nitrogen and oxygen atoms in total. The van der Waals surface area contributed by atoms with E-state index in [2.05, 4.69) is 4.74 Å². The smallest absolute Gasteiger partial charge is 0.428 e. The van der Waals surface area contributed by atoms with E-state index in [0.717, 1.165) is 6.07 Å². The highest BCUT2D eigenvalue weighted by atomic mass is 19.3. The van der Waals surface area contributed by atoms with Crippen LogP contribution in [0.3, 0.4) is 0 Å². The van der Waals surface area contributed by atoms with Crippen LogP contribution in [0, 0.1) is 10.1 Å². The number of alkyl halides is 4. The summed E-state index contributed by atoms with van der Waals surface area (Å²) in [7, 11) is 0. The number of ether oxygens (including phenoxy) is 1. The molecule has 98 valence electrons. The summed E-state index contributed by atoms with van der Waals surface area (Å²) in [6.07, 6.45) is -8.88. The number of aldehydes is 1. The number of nitro benzene ring substituents is 1. The van der Waals surface area contributed by atoms with E-state index >= 15 is 0 Å². The van der Waals surface area contributed by atoms with Gasteiger partial charge in [0, 0.05) is 12.1 Å². The van der Waals surface area contributed by atoms with Gasteiger partial charge in [0.2, 0.25) is 0 Å². The van der Waals surface area contributed by atoms with Crippen LogP contribution < -0.4 is 4.74 Å². The summed E-state index contributed by atoms with van der Waals surface area (Å²) in [5, 5.41) is 10.4. The van der Waals surface area contributed by atoms with Gasteiger partial charge in [0.15, 0.2) is 6.29 Å². The molecule has 1 aromatic carbocycles. The second-order valence-electron chi connectivity index (χ2n) is 3.06. The molecule has 0 radical (unpaired) electrons. The molecular weight excluding hydrogens is 262 g/mol. The Kier molecular flexibility index (Phi) is 3.84. The van der Waals surface area contributed by atoms with Gasteiger partial charge in [-0.1, -0.05) is 0 Å². The van der Waals surface area contributed by atoms with Crippen molar-refractivity contribution in [1.29, 1.82) is 0 Å². The van der Waals surface area contributed by atoms with Crippen LogP contribution in [0.25, 0.3) is 0 Å². The van der Waals surface area contributed by atoms with Gasteiger partial charge in [0.1, 0.15) is 5.75 Å². The van der Waals surface area contributed by atoms with Gasteiger partial charge in [-0.05, 0) is 6.07 Å². The van der Waals surface area contributed by atoms with Gasteiger partial charge in [-0.15, -0.1) is 0 Å². The molecule has 0 saturated carbocycles. The molecule has 0 amide bonds. The van der Waals surface area contributed by atoms with Crippen LogP contribution in [0.1, 0.15) is 10.4 Å². The second-order valence-corrected chi connectivity index (χ2v) is 3.06. The third kappa shape index (κ3) is 2.93. The van der Waals surface area contributed by atoms with Crippen molar-refractivity contribution in [1.82, 2.24) is 0 Å². The summed E-state index contributed by atoms with van der Waals surface area (Å²) in [4.78, 5) is 20.0. The summed E-state index contributed by atoms with van der Waals surface area (Å²) in [5.74, 6) is -0.860.